The number of amides is 2. The fourth-order valence-electron chi connectivity index (χ4n) is 4.13. The van der Waals surface area contributed by atoms with Crippen molar-refractivity contribution in [3.63, 3.8) is 0 Å². The van der Waals surface area contributed by atoms with Crippen molar-refractivity contribution in [1.29, 1.82) is 0 Å². The first-order valence-corrected chi connectivity index (χ1v) is 11.1. The third-order valence-electron chi connectivity index (χ3n) is 6.04. The zero-order valence-corrected chi connectivity index (χ0v) is 18.8. The molecule has 5 rings (SSSR count). The van der Waals surface area contributed by atoms with Gasteiger partial charge < -0.3 is 25.4 Å². The highest BCUT2D eigenvalue weighted by atomic mass is 16.2. The molecule has 2 aromatic carbocycles. The van der Waals surface area contributed by atoms with Crippen LogP contribution in [0.4, 0.5) is 11.6 Å². The van der Waals surface area contributed by atoms with Gasteiger partial charge in [0.15, 0.2) is 0 Å². The molecule has 1 aliphatic rings. The normalized spacial score (nSPS) is 14.3. The summed E-state index contributed by atoms with van der Waals surface area (Å²) in [7, 11) is 2.06. The van der Waals surface area contributed by atoms with E-state index in [9.17, 15) is 9.59 Å². The highest BCUT2D eigenvalue weighted by Crippen LogP contribution is 2.24. The molecule has 1 aliphatic heterocycles. The van der Waals surface area contributed by atoms with Gasteiger partial charge in [0.25, 0.3) is 11.8 Å². The van der Waals surface area contributed by atoms with Gasteiger partial charge in [-0.25, -0.2) is 4.98 Å². The van der Waals surface area contributed by atoms with Crippen LogP contribution in [0.3, 0.4) is 0 Å². The summed E-state index contributed by atoms with van der Waals surface area (Å²) in [6, 6.07) is 16.6. The quantitative estimate of drug-likeness (QED) is 0.479. The minimum Gasteiger partial charge on any atom is -0.366 e. The molecule has 0 radical (unpaired) electrons. The zero-order valence-electron chi connectivity index (χ0n) is 18.8. The molecule has 3 heterocycles. The number of nitrogens with zero attached hydrogens (tertiary/aromatic N) is 5. The molecular formula is C25H25N7O2. The second-order valence-corrected chi connectivity index (χ2v) is 8.33. The second-order valence-electron chi connectivity index (χ2n) is 8.33. The average Bonchev–Trinajstić information content (AvgIpc) is 3.25. The number of fused-ring (bicyclic) bond motifs is 1. The number of nitrogens with one attached hydrogen (secondary N) is 1. The summed E-state index contributed by atoms with van der Waals surface area (Å²) >= 11 is 0. The van der Waals surface area contributed by atoms with Crippen molar-refractivity contribution in [2.75, 3.05) is 38.5 Å². The van der Waals surface area contributed by atoms with Crippen molar-refractivity contribution in [3.05, 3.63) is 78.1 Å². The summed E-state index contributed by atoms with van der Waals surface area (Å²) in [4.78, 5) is 37.7. The van der Waals surface area contributed by atoms with Gasteiger partial charge >= 0.3 is 0 Å². The Morgan fingerprint density at radius 1 is 0.971 bits per heavy atom. The Labute approximate surface area is 196 Å². The number of benzene rings is 2. The highest BCUT2D eigenvalue weighted by molar-refractivity contribution is 6.06. The molecule has 0 saturated carbocycles. The van der Waals surface area contributed by atoms with Gasteiger partial charge in [-0.1, -0.05) is 18.2 Å². The lowest BCUT2D eigenvalue weighted by atomic mass is 10.1. The van der Waals surface area contributed by atoms with E-state index in [0.29, 0.717) is 22.9 Å². The number of primary amides is 1. The van der Waals surface area contributed by atoms with Crippen LogP contribution in [0.15, 0.2) is 67.0 Å². The molecule has 0 spiro atoms. The Kier molecular flexibility index (Phi) is 5.69. The standard InChI is InChI=1S/C25H25N7O2/c1-30-12-14-31(15-13-30)24(34)17-6-8-18(9-7-17)28-25-27-11-10-22(29-25)32-16-20(23(26)33)19-4-2-3-5-21(19)32/h2-11,16H,12-15H2,1H3,(H2,26,33)(H,27,28,29). The van der Waals surface area contributed by atoms with Crippen molar-refractivity contribution in [3.8, 4) is 5.82 Å². The molecule has 0 aliphatic carbocycles. The number of nitrogens with two attached hydrogens (primary N) is 1. The summed E-state index contributed by atoms with van der Waals surface area (Å²) in [6.07, 6.45) is 3.34. The van der Waals surface area contributed by atoms with E-state index in [0.717, 1.165) is 42.8 Å². The van der Waals surface area contributed by atoms with Gasteiger partial charge in [-0.3, -0.25) is 9.59 Å². The van der Waals surface area contributed by atoms with Gasteiger partial charge in [0.05, 0.1) is 11.1 Å². The molecule has 172 valence electrons. The Morgan fingerprint density at radius 2 is 1.71 bits per heavy atom. The van der Waals surface area contributed by atoms with Gasteiger partial charge in [-0.05, 0) is 43.4 Å². The summed E-state index contributed by atoms with van der Waals surface area (Å²) in [5, 5.41) is 3.95. The van der Waals surface area contributed by atoms with Crippen molar-refractivity contribution in [2.45, 2.75) is 0 Å². The number of aromatic nitrogens is 3. The van der Waals surface area contributed by atoms with E-state index in [2.05, 4.69) is 27.2 Å². The monoisotopic (exact) mass is 455 g/mol. The maximum absolute atomic E-state index is 12.8. The Bertz CT molecular complexity index is 1360. The van der Waals surface area contributed by atoms with Crippen LogP contribution < -0.4 is 11.1 Å². The van der Waals surface area contributed by atoms with Gasteiger partial charge in [-0.2, -0.15) is 4.98 Å². The van der Waals surface area contributed by atoms with Gasteiger partial charge in [-0.15, -0.1) is 0 Å². The molecule has 2 aromatic heterocycles. The van der Waals surface area contributed by atoms with Crippen LogP contribution in [0.5, 0.6) is 0 Å². The molecule has 2 amide bonds. The number of hydrogen-bond acceptors (Lipinski definition) is 6. The van der Waals surface area contributed by atoms with Crippen LogP contribution in [0.1, 0.15) is 20.7 Å². The average molecular weight is 456 g/mol. The number of para-hydroxylation sites is 1. The minimum absolute atomic E-state index is 0.0441. The fraction of sp³-hybridized carbons (Fsp3) is 0.200. The lowest BCUT2D eigenvalue weighted by molar-refractivity contribution is 0.0664. The van der Waals surface area contributed by atoms with Crippen LogP contribution >= 0.6 is 0 Å². The van der Waals surface area contributed by atoms with Crippen molar-refractivity contribution >= 4 is 34.4 Å². The predicted molar refractivity (Wildman–Crippen MR) is 131 cm³/mol. The van der Waals surface area contributed by atoms with E-state index in [1.54, 1.807) is 18.5 Å². The van der Waals surface area contributed by atoms with Crippen molar-refractivity contribution < 1.29 is 9.59 Å². The van der Waals surface area contributed by atoms with Gasteiger partial charge in [0.2, 0.25) is 5.95 Å². The van der Waals surface area contributed by atoms with E-state index in [1.165, 1.54) is 0 Å². The Morgan fingerprint density at radius 3 is 2.44 bits per heavy atom. The second kappa shape index (κ2) is 8.95. The molecule has 1 fully saturated rings. The maximum Gasteiger partial charge on any atom is 0.253 e. The summed E-state index contributed by atoms with van der Waals surface area (Å²) in [5.74, 6) is 0.549. The molecule has 9 heteroatoms. The highest BCUT2D eigenvalue weighted by Gasteiger charge is 2.20. The first-order chi connectivity index (χ1) is 16.5. The largest absolute Gasteiger partial charge is 0.366 e. The topological polar surface area (TPSA) is 109 Å². The first-order valence-electron chi connectivity index (χ1n) is 11.1. The number of rotatable bonds is 5. The molecule has 0 bridgehead atoms. The van der Waals surface area contributed by atoms with Crippen LogP contribution in [0, 0.1) is 0 Å². The lowest BCUT2D eigenvalue weighted by Crippen LogP contribution is -2.47. The van der Waals surface area contributed by atoms with Crippen LogP contribution in [-0.4, -0.2) is 69.4 Å². The first kappa shape index (κ1) is 21.6. The van der Waals surface area contributed by atoms with E-state index in [4.69, 9.17) is 5.73 Å². The van der Waals surface area contributed by atoms with Gasteiger partial charge in [0.1, 0.15) is 5.82 Å². The molecule has 9 nitrogen and oxygen atoms in total. The summed E-state index contributed by atoms with van der Waals surface area (Å²) < 4.78 is 1.82. The Balaban J connectivity index is 1.36. The van der Waals surface area contributed by atoms with Crippen molar-refractivity contribution in [2.24, 2.45) is 5.73 Å². The van der Waals surface area contributed by atoms with Crippen LogP contribution in [0.25, 0.3) is 16.7 Å². The van der Waals surface area contributed by atoms with E-state index < -0.39 is 5.91 Å². The van der Waals surface area contributed by atoms with E-state index in [-0.39, 0.29) is 5.91 Å². The molecule has 3 N–H and O–H groups in total. The van der Waals surface area contributed by atoms with Crippen LogP contribution in [0.2, 0.25) is 0 Å². The predicted octanol–water partition coefficient (Wildman–Crippen LogP) is 2.65. The molecule has 4 aromatic rings. The molecule has 0 atom stereocenters. The lowest BCUT2D eigenvalue weighted by Gasteiger charge is -2.32. The third-order valence-corrected chi connectivity index (χ3v) is 6.04. The van der Waals surface area contributed by atoms with E-state index in [1.807, 2.05) is 58.0 Å². The van der Waals surface area contributed by atoms with Gasteiger partial charge in [0, 0.05) is 55.2 Å². The SMILES string of the molecule is CN1CCN(C(=O)c2ccc(Nc3nccc(-n4cc(C(N)=O)c5ccccc54)n3)cc2)CC1. The van der Waals surface area contributed by atoms with Crippen LogP contribution in [-0.2, 0) is 0 Å². The number of hydrogen-bond donors (Lipinski definition) is 2. The molecule has 34 heavy (non-hydrogen) atoms. The van der Waals surface area contributed by atoms with E-state index >= 15 is 0 Å². The fourth-order valence-corrected chi connectivity index (χ4v) is 4.13. The summed E-state index contributed by atoms with van der Waals surface area (Å²) in [5.41, 5.74) is 8.25. The number of likely N-dealkylation sites (N-methyl/N-ethyl adjacent to an activating group) is 1. The molecule has 0 unspecified atom stereocenters. The number of anilines is 2. The van der Waals surface area contributed by atoms with Crippen molar-refractivity contribution in [1.82, 2.24) is 24.3 Å². The maximum atomic E-state index is 12.8. The smallest absolute Gasteiger partial charge is 0.253 e. The Hall–Kier alpha value is -4.24. The molecule has 1 saturated heterocycles. The number of piperazine rings is 1. The zero-order chi connectivity index (χ0) is 23.7. The number of carbonyl (C=O) groups is 2. The molecular weight excluding hydrogens is 430 g/mol. The third kappa shape index (κ3) is 4.20. The minimum atomic E-state index is -0.492. The summed E-state index contributed by atoms with van der Waals surface area (Å²) in [6.45, 7) is 3.25. The number of carbonyl (C=O) groups excluding carboxylic acids is 2.